The molecule has 152 valence electrons. The summed E-state index contributed by atoms with van der Waals surface area (Å²) in [6.07, 6.45) is 0. The minimum absolute atomic E-state index is 0.00832. The molecule has 30 heavy (non-hydrogen) atoms. The Bertz CT molecular complexity index is 1380. The van der Waals surface area contributed by atoms with E-state index in [-0.39, 0.29) is 28.2 Å². The van der Waals surface area contributed by atoms with Crippen molar-refractivity contribution in [2.75, 3.05) is 0 Å². The summed E-state index contributed by atoms with van der Waals surface area (Å²) < 4.78 is 6.81. The standard InChI is InChI=1S/C22H16ClNO5S/c1-12-10-16-18(21(27)24(12)11-13-6-8-14(23)9-7-13)19(26)20(22(28)29-16)30-17-5-3-2-4-15(17)25/h2-10,25-26H,11H2,1H3. The van der Waals surface area contributed by atoms with Gasteiger partial charge in [-0.25, -0.2) is 4.79 Å². The molecular weight excluding hydrogens is 426 g/mol. The van der Waals surface area contributed by atoms with Gasteiger partial charge in [-0.15, -0.1) is 0 Å². The molecule has 8 heteroatoms. The molecule has 0 aliphatic carbocycles. The van der Waals surface area contributed by atoms with Crippen molar-refractivity contribution < 1.29 is 14.6 Å². The molecule has 0 saturated carbocycles. The average Bonchev–Trinajstić information content (AvgIpc) is 2.70. The van der Waals surface area contributed by atoms with E-state index in [9.17, 15) is 19.8 Å². The molecule has 0 atom stereocenters. The van der Waals surface area contributed by atoms with Gasteiger partial charge in [-0.3, -0.25) is 4.79 Å². The van der Waals surface area contributed by atoms with E-state index >= 15 is 0 Å². The van der Waals surface area contributed by atoms with Gasteiger partial charge in [-0.05, 0) is 36.8 Å². The number of pyridine rings is 1. The summed E-state index contributed by atoms with van der Waals surface area (Å²) >= 11 is 6.76. The summed E-state index contributed by atoms with van der Waals surface area (Å²) in [5.41, 5.74) is 0.160. The smallest absolute Gasteiger partial charge is 0.354 e. The zero-order valence-electron chi connectivity index (χ0n) is 15.8. The van der Waals surface area contributed by atoms with Crippen LogP contribution in [0.15, 0.2) is 78.4 Å². The Kier molecular flexibility index (Phi) is 5.32. The molecule has 0 aliphatic rings. The van der Waals surface area contributed by atoms with Crippen molar-refractivity contribution in [1.29, 1.82) is 0 Å². The molecule has 0 spiro atoms. The Morgan fingerprint density at radius 1 is 1.07 bits per heavy atom. The average molecular weight is 442 g/mol. The molecule has 4 aromatic rings. The zero-order valence-corrected chi connectivity index (χ0v) is 17.3. The van der Waals surface area contributed by atoms with Crippen molar-refractivity contribution in [3.8, 4) is 11.5 Å². The van der Waals surface area contributed by atoms with Crippen LogP contribution < -0.4 is 11.2 Å². The number of phenols is 1. The lowest BCUT2D eigenvalue weighted by atomic mass is 10.2. The lowest BCUT2D eigenvalue weighted by molar-refractivity contribution is 0.445. The van der Waals surface area contributed by atoms with Crippen LogP contribution in [0.2, 0.25) is 5.02 Å². The van der Waals surface area contributed by atoms with Gasteiger partial charge in [0.15, 0.2) is 5.75 Å². The van der Waals surface area contributed by atoms with Crippen LogP contribution in [0.5, 0.6) is 11.5 Å². The molecule has 0 fully saturated rings. The second-order valence-corrected chi connectivity index (χ2v) is 8.17. The van der Waals surface area contributed by atoms with Crippen LogP contribution in [0.3, 0.4) is 0 Å². The van der Waals surface area contributed by atoms with Crippen LogP contribution >= 0.6 is 23.4 Å². The van der Waals surface area contributed by atoms with Crippen LogP contribution in [0.4, 0.5) is 0 Å². The van der Waals surface area contributed by atoms with Crippen molar-refractivity contribution in [3.05, 3.63) is 91.7 Å². The molecular formula is C22H16ClNO5S. The number of aryl methyl sites for hydroxylation is 1. The lowest BCUT2D eigenvalue weighted by Crippen LogP contribution is -2.24. The third-order valence-corrected chi connectivity index (χ3v) is 6.02. The SMILES string of the molecule is Cc1cc2oc(=O)c(Sc3ccccc3O)c(O)c2c(=O)n1Cc1ccc(Cl)cc1. The van der Waals surface area contributed by atoms with Gasteiger partial charge in [0.25, 0.3) is 5.56 Å². The molecule has 0 aliphatic heterocycles. The third-order valence-electron chi connectivity index (χ3n) is 4.64. The maximum atomic E-state index is 13.2. The molecule has 0 bridgehead atoms. The highest BCUT2D eigenvalue weighted by Crippen LogP contribution is 2.38. The number of hydrogen-bond acceptors (Lipinski definition) is 6. The quantitative estimate of drug-likeness (QED) is 0.483. The fourth-order valence-corrected chi connectivity index (χ4v) is 4.10. The van der Waals surface area contributed by atoms with Gasteiger partial charge in [-0.2, -0.15) is 0 Å². The number of para-hydroxylation sites is 1. The lowest BCUT2D eigenvalue weighted by Gasteiger charge is -2.13. The topological polar surface area (TPSA) is 92.7 Å². The van der Waals surface area contributed by atoms with Gasteiger partial charge in [0, 0.05) is 16.8 Å². The maximum absolute atomic E-state index is 13.2. The summed E-state index contributed by atoms with van der Waals surface area (Å²) in [6, 6.07) is 15.0. The number of phenolic OH excluding ortho intramolecular Hbond substituents is 1. The van der Waals surface area contributed by atoms with E-state index in [1.54, 1.807) is 43.3 Å². The number of fused-ring (bicyclic) bond motifs is 1. The first-order chi connectivity index (χ1) is 14.3. The molecule has 0 saturated heterocycles. The number of halogens is 1. The van der Waals surface area contributed by atoms with Crippen molar-refractivity contribution >= 4 is 34.3 Å². The molecule has 2 aromatic heterocycles. The van der Waals surface area contributed by atoms with E-state index in [1.165, 1.54) is 10.6 Å². The number of benzene rings is 2. The largest absolute Gasteiger partial charge is 0.507 e. The molecule has 0 radical (unpaired) electrons. The summed E-state index contributed by atoms with van der Waals surface area (Å²) in [6.45, 7) is 1.98. The van der Waals surface area contributed by atoms with Crippen LogP contribution in [0.25, 0.3) is 11.0 Å². The van der Waals surface area contributed by atoms with Gasteiger partial charge in [-0.1, -0.05) is 47.6 Å². The van der Waals surface area contributed by atoms with Crippen LogP contribution in [0.1, 0.15) is 11.3 Å². The summed E-state index contributed by atoms with van der Waals surface area (Å²) in [7, 11) is 0. The maximum Gasteiger partial charge on any atom is 0.354 e. The first-order valence-corrected chi connectivity index (χ1v) is 10.1. The van der Waals surface area contributed by atoms with Crippen molar-refractivity contribution in [1.82, 2.24) is 4.57 Å². The molecule has 2 aromatic carbocycles. The van der Waals surface area contributed by atoms with Gasteiger partial charge in [0.1, 0.15) is 21.6 Å². The predicted octanol–water partition coefficient (Wildman–Crippen LogP) is 4.53. The first kappa shape index (κ1) is 20.1. The molecule has 0 unspecified atom stereocenters. The fourth-order valence-electron chi connectivity index (χ4n) is 3.11. The molecule has 4 rings (SSSR count). The van der Waals surface area contributed by atoms with E-state index in [0.717, 1.165) is 17.3 Å². The van der Waals surface area contributed by atoms with Gasteiger partial charge >= 0.3 is 5.63 Å². The van der Waals surface area contributed by atoms with Crippen molar-refractivity contribution in [2.24, 2.45) is 0 Å². The Morgan fingerprint density at radius 3 is 2.47 bits per heavy atom. The van der Waals surface area contributed by atoms with Crippen molar-refractivity contribution in [2.45, 2.75) is 23.3 Å². The van der Waals surface area contributed by atoms with E-state index < -0.39 is 16.9 Å². The normalized spacial score (nSPS) is 11.1. The fraction of sp³-hybridized carbons (Fsp3) is 0.0909. The number of hydrogen-bond donors (Lipinski definition) is 2. The monoisotopic (exact) mass is 441 g/mol. The zero-order chi connectivity index (χ0) is 21.4. The summed E-state index contributed by atoms with van der Waals surface area (Å²) in [4.78, 5) is 25.8. The predicted molar refractivity (Wildman–Crippen MR) is 116 cm³/mol. The Morgan fingerprint density at radius 2 is 1.77 bits per heavy atom. The van der Waals surface area contributed by atoms with E-state index in [0.29, 0.717) is 15.6 Å². The van der Waals surface area contributed by atoms with Crippen LogP contribution in [-0.2, 0) is 6.54 Å². The number of aromatic nitrogens is 1. The molecule has 2 heterocycles. The highest BCUT2D eigenvalue weighted by Gasteiger charge is 2.21. The third kappa shape index (κ3) is 3.69. The second-order valence-electron chi connectivity index (χ2n) is 6.68. The van der Waals surface area contributed by atoms with E-state index in [2.05, 4.69) is 0 Å². The van der Waals surface area contributed by atoms with E-state index in [4.69, 9.17) is 16.0 Å². The Hall–Kier alpha value is -3.16. The second kappa shape index (κ2) is 7.93. The van der Waals surface area contributed by atoms with Crippen molar-refractivity contribution in [3.63, 3.8) is 0 Å². The Balaban J connectivity index is 1.87. The number of rotatable bonds is 4. The minimum Gasteiger partial charge on any atom is -0.507 e. The number of aromatic hydroxyl groups is 2. The van der Waals surface area contributed by atoms with Gasteiger partial charge in [0.2, 0.25) is 0 Å². The van der Waals surface area contributed by atoms with E-state index in [1.807, 2.05) is 12.1 Å². The molecule has 6 nitrogen and oxygen atoms in total. The Labute approximate surface area is 180 Å². The van der Waals surface area contributed by atoms with Gasteiger partial charge in [0.05, 0.1) is 11.4 Å². The van der Waals surface area contributed by atoms with Crippen LogP contribution in [-0.4, -0.2) is 14.8 Å². The summed E-state index contributed by atoms with van der Waals surface area (Å²) in [5, 5.41) is 21.3. The molecule has 0 amide bonds. The highest BCUT2D eigenvalue weighted by molar-refractivity contribution is 7.99. The number of nitrogens with zero attached hydrogens (tertiary/aromatic N) is 1. The first-order valence-electron chi connectivity index (χ1n) is 8.95. The summed E-state index contributed by atoms with van der Waals surface area (Å²) in [5.74, 6) is -0.519. The highest BCUT2D eigenvalue weighted by atomic mass is 35.5. The van der Waals surface area contributed by atoms with Crippen LogP contribution in [0, 0.1) is 6.92 Å². The molecule has 2 N–H and O–H groups in total. The van der Waals surface area contributed by atoms with Gasteiger partial charge < -0.3 is 19.2 Å². The minimum atomic E-state index is -0.789.